The minimum atomic E-state index is -0.521. The molecule has 3 heteroatoms. The Kier molecular flexibility index (Phi) is 5.02. The lowest BCUT2D eigenvalue weighted by atomic mass is 9.43. The summed E-state index contributed by atoms with van der Waals surface area (Å²) in [5.74, 6) is 0. The van der Waals surface area contributed by atoms with Crippen molar-refractivity contribution < 1.29 is 0 Å². The first-order valence-corrected chi connectivity index (χ1v) is 17.6. The highest BCUT2D eigenvalue weighted by atomic mass is 15.2. The topological polar surface area (TPSA) is 8.17 Å². The lowest BCUT2D eigenvalue weighted by Crippen LogP contribution is -2.58. The van der Waals surface area contributed by atoms with Gasteiger partial charge < -0.3 is 9.38 Å². The molecule has 50 heavy (non-hydrogen) atoms. The Balaban J connectivity index is 1.33. The van der Waals surface area contributed by atoms with Crippen molar-refractivity contribution in [1.82, 2.24) is 4.48 Å². The number of benzene rings is 8. The quantitative estimate of drug-likeness (QED) is 0.172. The van der Waals surface area contributed by atoms with Gasteiger partial charge in [0.15, 0.2) is 0 Å². The molecule has 8 aromatic carbocycles. The van der Waals surface area contributed by atoms with Gasteiger partial charge in [-0.05, 0) is 62.3 Å². The number of rotatable bonds is 2. The molecule has 1 aromatic heterocycles. The maximum Gasteiger partial charge on any atom is 0.333 e. The zero-order chi connectivity index (χ0) is 32.6. The fourth-order valence-corrected chi connectivity index (χ4v) is 10.0. The van der Waals surface area contributed by atoms with Crippen LogP contribution < -0.4 is 15.8 Å². The predicted octanol–water partition coefficient (Wildman–Crippen LogP) is 10.1. The zero-order valence-electron chi connectivity index (χ0n) is 27.2. The zero-order valence-corrected chi connectivity index (χ0v) is 27.2. The lowest BCUT2D eigenvalue weighted by Gasteiger charge is -2.50. The number of nitrogens with zero attached hydrogens (tertiary/aromatic N) is 2. The molecule has 0 amide bonds. The molecule has 3 aliphatic rings. The summed E-state index contributed by atoms with van der Waals surface area (Å²) < 4.78 is 2.67. The first-order chi connectivity index (χ1) is 24.9. The van der Waals surface area contributed by atoms with Gasteiger partial charge in [0.05, 0.1) is 16.8 Å². The van der Waals surface area contributed by atoms with Crippen LogP contribution in [0.15, 0.2) is 176 Å². The number of hydrogen-bond donors (Lipinski definition) is 0. The van der Waals surface area contributed by atoms with Crippen LogP contribution >= 0.6 is 0 Å². The second-order valence-corrected chi connectivity index (χ2v) is 14.0. The van der Waals surface area contributed by atoms with Crippen molar-refractivity contribution in [2.75, 3.05) is 4.90 Å². The Morgan fingerprint density at radius 2 is 1.10 bits per heavy atom. The molecule has 0 saturated heterocycles. The molecule has 3 aliphatic heterocycles. The third-order valence-corrected chi connectivity index (χ3v) is 11.8. The first kappa shape index (κ1) is 26.6. The van der Waals surface area contributed by atoms with Gasteiger partial charge in [-0.15, -0.1) is 0 Å². The van der Waals surface area contributed by atoms with Crippen molar-refractivity contribution >= 4 is 67.4 Å². The fourth-order valence-electron chi connectivity index (χ4n) is 10.0. The Morgan fingerprint density at radius 1 is 0.460 bits per heavy atom. The van der Waals surface area contributed by atoms with Gasteiger partial charge in [-0.3, -0.25) is 0 Å². The van der Waals surface area contributed by atoms with Gasteiger partial charge in [0.2, 0.25) is 0 Å². The van der Waals surface area contributed by atoms with Crippen LogP contribution in [-0.2, 0) is 5.41 Å². The molecule has 12 rings (SSSR count). The first-order valence-electron chi connectivity index (χ1n) is 17.6. The average molecular weight is 633 g/mol. The summed E-state index contributed by atoms with van der Waals surface area (Å²) in [4.78, 5) is 2.64. The highest BCUT2D eigenvalue weighted by molar-refractivity contribution is 6.90. The van der Waals surface area contributed by atoms with Crippen LogP contribution in [0, 0.1) is 0 Å². The van der Waals surface area contributed by atoms with Gasteiger partial charge in [-0.2, -0.15) is 0 Å². The highest BCUT2D eigenvalue weighted by Gasteiger charge is 2.52. The van der Waals surface area contributed by atoms with E-state index >= 15 is 0 Å². The normalized spacial score (nSPS) is 14.5. The van der Waals surface area contributed by atoms with Gasteiger partial charge in [0.25, 0.3) is 0 Å². The number of fused-ring (bicyclic) bond motifs is 11. The van der Waals surface area contributed by atoms with E-state index in [9.17, 15) is 0 Å². The molecule has 0 N–H and O–H groups in total. The highest BCUT2D eigenvalue weighted by Crippen LogP contribution is 2.59. The Morgan fingerprint density at radius 3 is 1.92 bits per heavy atom. The van der Waals surface area contributed by atoms with E-state index in [0.29, 0.717) is 0 Å². The lowest BCUT2D eigenvalue weighted by molar-refractivity contribution is 0.732. The molecule has 230 valence electrons. The van der Waals surface area contributed by atoms with Crippen LogP contribution in [0.2, 0.25) is 0 Å². The molecule has 0 aliphatic carbocycles. The molecule has 4 heterocycles. The molecule has 0 radical (unpaired) electrons. The Hall–Kier alpha value is -6.32. The molecular formula is C47H29BN2. The molecule has 2 nitrogen and oxygen atoms in total. The summed E-state index contributed by atoms with van der Waals surface area (Å²) >= 11 is 0. The van der Waals surface area contributed by atoms with E-state index in [0.717, 1.165) is 0 Å². The summed E-state index contributed by atoms with van der Waals surface area (Å²) in [6.45, 7) is 0.00242. The van der Waals surface area contributed by atoms with Crippen molar-refractivity contribution in [2.45, 2.75) is 5.41 Å². The van der Waals surface area contributed by atoms with E-state index in [1.54, 1.807) is 0 Å². The summed E-state index contributed by atoms with van der Waals surface area (Å²) in [6.07, 6.45) is 0. The maximum atomic E-state index is 2.67. The largest absolute Gasteiger partial charge is 0.375 e. The molecule has 0 fully saturated rings. The van der Waals surface area contributed by atoms with E-state index < -0.39 is 5.41 Å². The smallest absolute Gasteiger partial charge is 0.333 e. The summed E-state index contributed by atoms with van der Waals surface area (Å²) in [5.41, 5.74) is 16.5. The number of hydrogen-bond acceptors (Lipinski definition) is 1. The van der Waals surface area contributed by atoms with Crippen molar-refractivity contribution in [3.8, 4) is 11.1 Å². The van der Waals surface area contributed by atoms with Gasteiger partial charge in [-0.25, -0.2) is 0 Å². The van der Waals surface area contributed by atoms with E-state index in [1.165, 1.54) is 93.9 Å². The second-order valence-electron chi connectivity index (χ2n) is 14.0. The third-order valence-electron chi connectivity index (χ3n) is 11.8. The third kappa shape index (κ3) is 3.04. The molecule has 0 unspecified atom stereocenters. The van der Waals surface area contributed by atoms with Gasteiger partial charge in [-0.1, -0.05) is 158 Å². The molecule has 0 atom stereocenters. The standard InChI is InChI=1S/C47H29BN2/c1-3-16-31(17-4-1)47(32-18-5-2-6-19-32)38-24-10-12-28-42(38)49-45-33-20-8-7-15-30(33)29-37-36-23-13-22-35-34-21-9-11-27-41(34)50(44(35)36)48(43(37)45)40-26-14-25-39(47)46(40)49/h1-29H. The molecule has 0 bridgehead atoms. The minimum absolute atomic E-state index is 0.00242. The average Bonchev–Trinajstić information content (AvgIpc) is 3.53. The van der Waals surface area contributed by atoms with Gasteiger partial charge in [0, 0.05) is 38.4 Å². The van der Waals surface area contributed by atoms with Gasteiger partial charge in [0.1, 0.15) is 0 Å². The molecule has 0 saturated carbocycles. The molecule has 0 spiro atoms. The van der Waals surface area contributed by atoms with Crippen molar-refractivity contribution in [2.24, 2.45) is 0 Å². The summed E-state index contributed by atoms with van der Waals surface area (Å²) in [5, 5.41) is 5.18. The van der Waals surface area contributed by atoms with Crippen molar-refractivity contribution in [3.05, 3.63) is 198 Å². The maximum absolute atomic E-state index is 2.67. The summed E-state index contributed by atoms with van der Waals surface area (Å²) in [6, 6.07) is 66.0. The van der Waals surface area contributed by atoms with Crippen LogP contribution in [0.25, 0.3) is 43.7 Å². The van der Waals surface area contributed by atoms with E-state index in [-0.39, 0.29) is 6.85 Å². The van der Waals surface area contributed by atoms with Crippen LogP contribution in [0.4, 0.5) is 17.1 Å². The van der Waals surface area contributed by atoms with E-state index in [1.807, 2.05) is 0 Å². The van der Waals surface area contributed by atoms with Crippen LogP contribution in [0.1, 0.15) is 22.3 Å². The van der Waals surface area contributed by atoms with Gasteiger partial charge >= 0.3 is 6.85 Å². The molecule has 9 aromatic rings. The minimum Gasteiger partial charge on any atom is -0.375 e. The summed E-state index contributed by atoms with van der Waals surface area (Å²) in [7, 11) is 0. The number of para-hydroxylation sites is 4. The number of aromatic nitrogens is 1. The van der Waals surface area contributed by atoms with Crippen LogP contribution in [-0.4, -0.2) is 11.3 Å². The van der Waals surface area contributed by atoms with Crippen LogP contribution in [0.3, 0.4) is 0 Å². The Bertz CT molecular complexity index is 2850. The van der Waals surface area contributed by atoms with Crippen LogP contribution in [0.5, 0.6) is 0 Å². The fraction of sp³-hybridized carbons (Fsp3) is 0.0213. The monoisotopic (exact) mass is 632 g/mol. The van der Waals surface area contributed by atoms with E-state index in [2.05, 4.69) is 185 Å². The number of anilines is 3. The SMILES string of the molecule is c1ccc(C2(c3ccccc3)c3ccccc3N3c4c(cccc42)B2c4c(cc5ccccc5c43)-c3cccc4c5ccccc5n2c34)cc1. The second kappa shape index (κ2) is 9.43. The molecular weight excluding hydrogens is 603 g/mol. The predicted molar refractivity (Wildman–Crippen MR) is 209 cm³/mol. The van der Waals surface area contributed by atoms with Crippen molar-refractivity contribution in [1.29, 1.82) is 0 Å². The van der Waals surface area contributed by atoms with E-state index in [4.69, 9.17) is 0 Å². The van der Waals surface area contributed by atoms with Crippen molar-refractivity contribution in [3.63, 3.8) is 0 Å². The Labute approximate surface area is 290 Å².